The summed E-state index contributed by atoms with van der Waals surface area (Å²) in [6.07, 6.45) is 5.79. The van der Waals surface area contributed by atoms with Crippen molar-refractivity contribution in [1.29, 1.82) is 0 Å². The number of unbranched alkanes of at least 4 members (excludes halogenated alkanes) is 1. The van der Waals surface area contributed by atoms with Crippen LogP contribution in [0.3, 0.4) is 0 Å². The number of nitrogens with zero attached hydrogens (tertiary/aromatic N) is 3. The van der Waals surface area contributed by atoms with Crippen LogP contribution in [0.15, 0.2) is 24.5 Å². The fourth-order valence-corrected chi connectivity index (χ4v) is 4.54. The lowest BCUT2D eigenvalue weighted by Gasteiger charge is -2.06. The van der Waals surface area contributed by atoms with E-state index < -0.39 is 10.0 Å². The van der Waals surface area contributed by atoms with E-state index in [2.05, 4.69) is 15.1 Å². The molecule has 0 spiro atoms. The van der Waals surface area contributed by atoms with E-state index in [-0.39, 0.29) is 5.75 Å². The van der Waals surface area contributed by atoms with Gasteiger partial charge in [-0.1, -0.05) is 13.3 Å². The average molecular weight is 346 g/mol. The van der Waals surface area contributed by atoms with Gasteiger partial charge in [0, 0.05) is 29.8 Å². The second kappa shape index (κ2) is 6.39. The molecule has 3 aromatic heterocycles. The number of nitrogens with one attached hydrogen (secondary N) is 1. The molecule has 7 heteroatoms. The second-order valence-electron chi connectivity index (χ2n) is 6.05. The van der Waals surface area contributed by atoms with Crippen LogP contribution in [0.1, 0.15) is 42.3 Å². The lowest BCUT2D eigenvalue weighted by atomic mass is 10.0. The zero-order valence-electron chi connectivity index (χ0n) is 14.2. The third-order valence-corrected chi connectivity index (χ3v) is 6.01. The topological polar surface area (TPSA) is 80.6 Å². The Kier molecular flexibility index (Phi) is 4.45. The molecule has 0 unspecified atom stereocenters. The summed E-state index contributed by atoms with van der Waals surface area (Å²) in [5.74, 6) is 0.127. The molecular weight excluding hydrogens is 324 g/mol. The molecule has 6 nitrogen and oxygen atoms in total. The van der Waals surface area contributed by atoms with Crippen LogP contribution in [0, 0.1) is 13.8 Å². The molecule has 0 atom stereocenters. The summed E-state index contributed by atoms with van der Waals surface area (Å²) in [6.45, 7) is 5.67. The number of hydrogen-bond donors (Lipinski definition) is 1. The maximum absolute atomic E-state index is 12.5. The fourth-order valence-electron chi connectivity index (χ4n) is 2.94. The van der Waals surface area contributed by atoms with Gasteiger partial charge in [0.1, 0.15) is 5.65 Å². The van der Waals surface area contributed by atoms with Gasteiger partial charge in [0.2, 0.25) is 0 Å². The molecule has 0 aliphatic rings. The molecule has 0 aliphatic heterocycles. The highest BCUT2D eigenvalue weighted by Gasteiger charge is 2.21. The van der Waals surface area contributed by atoms with Gasteiger partial charge in [-0.25, -0.2) is 13.4 Å². The van der Waals surface area contributed by atoms with Crippen LogP contribution in [0.4, 0.5) is 0 Å². The summed E-state index contributed by atoms with van der Waals surface area (Å²) in [7, 11) is -3.39. The smallest absolute Gasteiger partial charge is 0.254 e. The minimum Gasteiger partial charge on any atom is -0.346 e. The third-order valence-electron chi connectivity index (χ3n) is 4.32. The number of aryl methyl sites for hydroxylation is 1. The lowest BCUT2D eigenvalue weighted by molar-refractivity contribution is 0.574. The first kappa shape index (κ1) is 16.7. The summed E-state index contributed by atoms with van der Waals surface area (Å²) < 4.78 is 26.2. The van der Waals surface area contributed by atoms with Gasteiger partial charge in [0.25, 0.3) is 10.0 Å². The van der Waals surface area contributed by atoms with Crippen LogP contribution in [0.5, 0.6) is 0 Å². The molecule has 0 fully saturated rings. The van der Waals surface area contributed by atoms with Gasteiger partial charge < -0.3 is 4.98 Å². The van der Waals surface area contributed by atoms with Crippen molar-refractivity contribution in [3.63, 3.8) is 0 Å². The van der Waals surface area contributed by atoms with E-state index in [1.165, 1.54) is 4.09 Å². The molecule has 24 heavy (non-hydrogen) atoms. The Morgan fingerprint density at radius 3 is 2.83 bits per heavy atom. The van der Waals surface area contributed by atoms with Gasteiger partial charge >= 0.3 is 0 Å². The SMILES string of the molecule is CCCCS(=O)(=O)n1nc(C)c(Cc2c[nH]c3ncccc23)c1C. The number of fused-ring (bicyclic) bond motifs is 1. The Bertz CT molecular complexity index is 970. The summed E-state index contributed by atoms with van der Waals surface area (Å²) in [4.78, 5) is 7.45. The van der Waals surface area contributed by atoms with E-state index >= 15 is 0 Å². The molecule has 0 saturated heterocycles. The Hall–Kier alpha value is -2.15. The molecule has 3 rings (SSSR count). The van der Waals surface area contributed by atoms with Crippen LogP contribution in [-0.2, 0) is 16.4 Å². The van der Waals surface area contributed by atoms with Gasteiger partial charge in [0.15, 0.2) is 0 Å². The van der Waals surface area contributed by atoms with Crippen molar-refractivity contribution in [2.24, 2.45) is 0 Å². The molecule has 0 radical (unpaired) electrons. The quantitative estimate of drug-likeness (QED) is 0.744. The first-order chi connectivity index (χ1) is 11.4. The fraction of sp³-hybridized carbons (Fsp3) is 0.412. The van der Waals surface area contributed by atoms with Crippen LogP contribution in [0.25, 0.3) is 11.0 Å². The highest BCUT2D eigenvalue weighted by molar-refractivity contribution is 7.89. The first-order valence-corrected chi connectivity index (χ1v) is 9.74. The molecule has 0 aliphatic carbocycles. The number of pyridine rings is 1. The van der Waals surface area contributed by atoms with E-state index in [0.29, 0.717) is 18.5 Å². The summed E-state index contributed by atoms with van der Waals surface area (Å²) in [5, 5.41) is 5.35. The molecule has 128 valence electrons. The van der Waals surface area contributed by atoms with Gasteiger partial charge in [-0.3, -0.25) is 0 Å². The van der Waals surface area contributed by atoms with E-state index in [4.69, 9.17) is 0 Å². The summed E-state index contributed by atoms with van der Waals surface area (Å²) in [6, 6.07) is 3.92. The van der Waals surface area contributed by atoms with Crippen LogP contribution in [-0.4, -0.2) is 33.3 Å². The molecule has 0 aromatic carbocycles. The largest absolute Gasteiger partial charge is 0.346 e. The van der Waals surface area contributed by atoms with E-state index in [1.807, 2.05) is 39.1 Å². The number of aromatic amines is 1. The van der Waals surface area contributed by atoms with Gasteiger partial charge in [-0.2, -0.15) is 9.19 Å². The summed E-state index contributed by atoms with van der Waals surface area (Å²) in [5.41, 5.74) is 4.34. The average Bonchev–Trinajstić information content (AvgIpc) is 3.10. The predicted molar refractivity (Wildman–Crippen MR) is 94.7 cm³/mol. The molecule has 0 amide bonds. The Labute approximate surface area is 142 Å². The first-order valence-electron chi connectivity index (χ1n) is 8.13. The molecular formula is C17H22N4O2S. The van der Waals surface area contributed by atoms with Crippen molar-refractivity contribution in [3.8, 4) is 0 Å². The van der Waals surface area contributed by atoms with E-state index in [9.17, 15) is 8.42 Å². The molecule has 3 heterocycles. The summed E-state index contributed by atoms with van der Waals surface area (Å²) >= 11 is 0. The number of aromatic nitrogens is 4. The standard InChI is InChI=1S/C17H22N4O2S/c1-4-5-9-24(22,23)21-13(3)16(12(2)20-21)10-14-11-19-17-15(14)7-6-8-18-17/h6-8,11H,4-5,9-10H2,1-3H3,(H,18,19). The Morgan fingerprint density at radius 2 is 2.08 bits per heavy atom. The molecule has 0 bridgehead atoms. The van der Waals surface area contributed by atoms with Crippen molar-refractivity contribution >= 4 is 21.1 Å². The Balaban J connectivity index is 1.98. The zero-order chi connectivity index (χ0) is 17.3. The van der Waals surface area contributed by atoms with E-state index in [0.717, 1.165) is 34.3 Å². The van der Waals surface area contributed by atoms with Crippen molar-refractivity contribution in [2.75, 3.05) is 5.75 Å². The molecule has 0 saturated carbocycles. The maximum atomic E-state index is 12.5. The minimum atomic E-state index is -3.39. The lowest BCUT2D eigenvalue weighted by Crippen LogP contribution is -2.19. The molecule has 3 aromatic rings. The van der Waals surface area contributed by atoms with Crippen molar-refractivity contribution in [1.82, 2.24) is 19.2 Å². The number of hydrogen-bond acceptors (Lipinski definition) is 4. The zero-order valence-corrected chi connectivity index (χ0v) is 15.0. The Morgan fingerprint density at radius 1 is 1.29 bits per heavy atom. The van der Waals surface area contributed by atoms with E-state index in [1.54, 1.807) is 6.20 Å². The van der Waals surface area contributed by atoms with Gasteiger partial charge in [-0.05, 0) is 38.0 Å². The number of H-pyrrole nitrogens is 1. The van der Waals surface area contributed by atoms with Crippen molar-refractivity contribution < 1.29 is 8.42 Å². The van der Waals surface area contributed by atoms with Crippen LogP contribution >= 0.6 is 0 Å². The van der Waals surface area contributed by atoms with Gasteiger partial charge in [0.05, 0.1) is 17.1 Å². The second-order valence-corrected chi connectivity index (χ2v) is 7.97. The minimum absolute atomic E-state index is 0.127. The van der Waals surface area contributed by atoms with Crippen molar-refractivity contribution in [3.05, 3.63) is 47.0 Å². The maximum Gasteiger partial charge on any atom is 0.254 e. The normalized spacial score (nSPS) is 12.1. The monoisotopic (exact) mass is 346 g/mol. The highest BCUT2D eigenvalue weighted by atomic mass is 32.2. The van der Waals surface area contributed by atoms with Crippen LogP contribution in [0.2, 0.25) is 0 Å². The van der Waals surface area contributed by atoms with Crippen LogP contribution < -0.4 is 0 Å². The highest BCUT2D eigenvalue weighted by Crippen LogP contribution is 2.24. The number of rotatable bonds is 6. The van der Waals surface area contributed by atoms with Gasteiger partial charge in [-0.15, -0.1) is 0 Å². The predicted octanol–water partition coefficient (Wildman–Crippen LogP) is 2.95. The third kappa shape index (κ3) is 2.96. The van der Waals surface area contributed by atoms with Crippen molar-refractivity contribution in [2.45, 2.75) is 40.0 Å². The molecule has 1 N–H and O–H groups in total.